The molecule has 0 aromatic heterocycles. The zero-order valence-electron chi connectivity index (χ0n) is 48.3. The van der Waals surface area contributed by atoms with Crippen LogP contribution < -0.4 is 24.2 Å². The topological polar surface area (TPSA) is 242 Å². The summed E-state index contributed by atoms with van der Waals surface area (Å²) in [6.45, 7) is 18.3. The summed E-state index contributed by atoms with van der Waals surface area (Å²) in [7, 11) is 1.23. The minimum atomic E-state index is -0.974. The number of carbonyl (C=O) groups is 3. The first-order valence-corrected chi connectivity index (χ1v) is 26.5. The van der Waals surface area contributed by atoms with Crippen LogP contribution >= 0.6 is 12.4 Å². The number of nitrogens with one attached hydrogen (secondary N) is 1. The van der Waals surface area contributed by atoms with Gasteiger partial charge in [0.1, 0.15) is 11.2 Å². The first kappa shape index (κ1) is 75.5. The number of aryl methyl sites for hydroxylation is 1. The Kier molecular flexibility index (Phi) is 35.2. The van der Waals surface area contributed by atoms with E-state index < -0.39 is 59.8 Å². The summed E-state index contributed by atoms with van der Waals surface area (Å²) in [4.78, 5) is 40.3. The van der Waals surface area contributed by atoms with Crippen LogP contribution in [0.4, 0.5) is 9.59 Å². The Balaban J connectivity index is 0. The molecule has 2 amide bonds. The van der Waals surface area contributed by atoms with Gasteiger partial charge in [-0.25, -0.2) is 14.4 Å². The van der Waals surface area contributed by atoms with E-state index in [4.69, 9.17) is 24.8 Å². The molecule has 0 spiro atoms. The zero-order valence-corrected chi connectivity index (χ0v) is 48.1. The predicted octanol–water partition coefficient (Wildman–Crippen LogP) is 3.20. The number of benzene rings is 3. The smallest absolute Gasteiger partial charge is 1.00 e. The van der Waals surface area contributed by atoms with Gasteiger partial charge in [-0.15, -0.1) is 12.4 Å². The first-order valence-electron chi connectivity index (χ1n) is 26.5. The second-order valence-electron chi connectivity index (χ2n) is 21.8. The number of esters is 1. The van der Waals surface area contributed by atoms with E-state index in [2.05, 4.69) is 102 Å². The number of aliphatic hydroxyl groups is 7. The fourth-order valence-electron chi connectivity index (χ4n) is 9.57. The molecule has 4 saturated heterocycles. The van der Waals surface area contributed by atoms with Gasteiger partial charge in [0.15, 0.2) is 23.4 Å². The Morgan fingerprint density at radius 2 is 1.20 bits per heavy atom. The van der Waals surface area contributed by atoms with Crippen molar-refractivity contribution in [2.45, 2.75) is 181 Å². The van der Waals surface area contributed by atoms with E-state index >= 15 is 0 Å². The second-order valence-corrected chi connectivity index (χ2v) is 21.8. The second kappa shape index (κ2) is 36.8. The number of likely N-dealkylation sites (tertiary alicyclic amines) is 3. The molecule has 0 radical (unpaired) electrons. The van der Waals surface area contributed by atoms with Gasteiger partial charge in [-0.1, -0.05) is 86.3 Å². The maximum absolute atomic E-state index is 12.0. The van der Waals surface area contributed by atoms with Crippen LogP contribution in [-0.2, 0) is 25.5 Å². The molecule has 8 atom stereocenters. The number of aliphatic hydroxyl groups excluding tert-OH is 7. The van der Waals surface area contributed by atoms with Crippen molar-refractivity contribution in [2.24, 2.45) is 0 Å². The first-order chi connectivity index (χ1) is 35.5. The zero-order chi connectivity index (χ0) is 55.5. The minimum absolute atomic E-state index is 0. The van der Waals surface area contributed by atoms with Crippen LogP contribution in [0.2, 0.25) is 0 Å². The molecular formula is C59H97AlClLiN4O13. The number of halogens is 1. The molecule has 20 heteroatoms. The molecule has 0 saturated carbocycles. The number of methoxy groups -OCH3 is 1. The summed E-state index contributed by atoms with van der Waals surface area (Å²) in [5.41, 5.74) is 7.47. The molecule has 8 N–H and O–H groups in total. The van der Waals surface area contributed by atoms with Crippen LogP contribution in [0.15, 0.2) is 66.7 Å². The van der Waals surface area contributed by atoms with Gasteiger partial charge >= 0.3 is 37.0 Å². The molecule has 79 heavy (non-hydrogen) atoms. The summed E-state index contributed by atoms with van der Waals surface area (Å²) < 4.78 is 15.1. The average molecular weight is 1140 g/mol. The average Bonchev–Trinajstić information content (AvgIpc) is 3.36. The van der Waals surface area contributed by atoms with Crippen molar-refractivity contribution in [3.05, 3.63) is 94.5 Å². The summed E-state index contributed by atoms with van der Waals surface area (Å²) >= 11 is 0. The number of hydrogen-bond donors (Lipinski definition) is 8. The number of ether oxygens (including phenoxy) is 3. The van der Waals surface area contributed by atoms with E-state index in [1.807, 2.05) is 6.07 Å². The Hall–Kier alpha value is -3.53. The fraction of sp³-hybridized carbons (Fsp3) is 0.610. The van der Waals surface area contributed by atoms with Gasteiger partial charge in [0.05, 0.1) is 69.5 Å². The molecule has 442 valence electrons. The molecule has 0 aliphatic carbocycles. The van der Waals surface area contributed by atoms with Crippen molar-refractivity contribution >= 4 is 60.1 Å². The van der Waals surface area contributed by atoms with Crippen molar-refractivity contribution in [1.29, 1.82) is 0 Å². The van der Waals surface area contributed by atoms with Gasteiger partial charge in [0.25, 0.3) is 0 Å². The molecule has 7 rings (SSSR count). The third-order valence-electron chi connectivity index (χ3n) is 13.6. The van der Waals surface area contributed by atoms with Crippen molar-refractivity contribution < 1.29 is 84.6 Å². The van der Waals surface area contributed by atoms with Crippen molar-refractivity contribution in [2.75, 3.05) is 53.1 Å². The van der Waals surface area contributed by atoms with Crippen LogP contribution in [0, 0.1) is 13.8 Å². The SMILES string of the molecule is C.CC(C)(C)OC(=O)N1CCCC(O)C1CO.COC(=O)C1C(O)CCCN1C(=O)OC(C)(C)C.Cc1cc(CN2CCCC(O)C2CO)ccc1/C=C/c1cccc(-c2ccccc2)c1C.Cl.OCC1NCCCC1O.[AlH3].[H-].[Li+]. The third kappa shape index (κ3) is 24.1. The molecule has 4 aliphatic rings. The summed E-state index contributed by atoms with van der Waals surface area (Å²) in [6.07, 6.45) is 7.00. The Morgan fingerprint density at radius 3 is 1.73 bits per heavy atom. The number of rotatable bonds is 9. The molecule has 3 aromatic carbocycles. The van der Waals surface area contributed by atoms with Gasteiger partial charge in [-0.05, 0) is 159 Å². The van der Waals surface area contributed by atoms with Crippen molar-refractivity contribution in [3.8, 4) is 11.1 Å². The number of amides is 2. The normalized spacial score (nSPS) is 23.1. The molecule has 8 unspecified atom stereocenters. The van der Waals surface area contributed by atoms with Crippen molar-refractivity contribution in [3.63, 3.8) is 0 Å². The monoisotopic (exact) mass is 1140 g/mol. The summed E-state index contributed by atoms with van der Waals surface area (Å²) in [5, 5.41) is 69.4. The Morgan fingerprint density at radius 1 is 0.671 bits per heavy atom. The quantitative estimate of drug-likeness (QED) is 0.0665. The number of hydrogen-bond acceptors (Lipinski definition) is 15. The van der Waals surface area contributed by atoms with Crippen LogP contribution in [0.3, 0.4) is 0 Å². The van der Waals surface area contributed by atoms with Gasteiger partial charge < -0.3 is 61.6 Å². The standard InChI is InChI=1S/C29H33NO2.C12H21NO5.C11H21NO4.C6H13NO2.CH4.Al.ClH.Li.4H/c1-21-18-23(19-30-17-7-12-29(32)28(30)20-31)13-14-24(21)15-16-25-10-6-11-27(22(25)2)26-8-4-3-5-9-26;1-12(2,3)18-11(16)13-7-5-6-8(14)9(13)10(15)17-4;1-11(2,3)16-10(15)12-6-4-5-9(14)8(12)7-13;8-4-5-6(9)2-1-3-7-5;;;;;;;;/h3-6,8-11,13-16,18,28-29,31-32H,7,12,17,19-20H2,1-2H3;8-9,14H,5-7H2,1-4H3;8-9,13-14H,4-7H2,1-3H3;5-9H,1-4H2;1H4;;1H;;;;;/q;;;;;;;+1;;;;-1/b16-15+;;;;;;;;;;;. The van der Waals surface area contributed by atoms with E-state index in [0.29, 0.717) is 32.4 Å². The van der Waals surface area contributed by atoms with E-state index in [-0.39, 0.29) is 95.5 Å². The van der Waals surface area contributed by atoms with E-state index in [1.54, 1.807) is 41.5 Å². The van der Waals surface area contributed by atoms with E-state index in [0.717, 1.165) is 51.7 Å². The Bertz CT molecular complexity index is 2280. The van der Waals surface area contributed by atoms with Gasteiger partial charge in [0, 0.05) is 19.6 Å². The molecule has 17 nitrogen and oxygen atoms in total. The molecule has 3 aromatic rings. The molecule has 4 aliphatic heterocycles. The van der Waals surface area contributed by atoms with Gasteiger partial charge in [-0.2, -0.15) is 0 Å². The van der Waals surface area contributed by atoms with Gasteiger partial charge in [-0.3, -0.25) is 9.80 Å². The van der Waals surface area contributed by atoms with Gasteiger partial charge in [0.2, 0.25) is 0 Å². The Labute approximate surface area is 501 Å². The molecule has 4 fully saturated rings. The number of piperidine rings is 4. The van der Waals surface area contributed by atoms with Crippen molar-refractivity contribution in [1.82, 2.24) is 20.0 Å². The molecule has 4 heterocycles. The van der Waals surface area contributed by atoms with E-state index in [1.165, 1.54) is 55.9 Å². The third-order valence-corrected chi connectivity index (χ3v) is 13.6. The van der Waals surface area contributed by atoms with Crippen LogP contribution in [0.5, 0.6) is 0 Å². The van der Waals surface area contributed by atoms with Crippen LogP contribution in [-0.4, -0.2) is 199 Å². The number of nitrogens with zero attached hydrogens (tertiary/aromatic N) is 3. The molecule has 0 bridgehead atoms. The maximum Gasteiger partial charge on any atom is 1.00 e. The van der Waals surface area contributed by atoms with Crippen LogP contribution in [0.1, 0.15) is 130 Å². The summed E-state index contributed by atoms with van der Waals surface area (Å²) in [5.74, 6) is -0.618. The largest absolute Gasteiger partial charge is 1.00 e. The molecular weight excluding hydrogens is 1040 g/mol. The summed E-state index contributed by atoms with van der Waals surface area (Å²) in [6, 6.07) is 21.8. The number of carbonyl (C=O) groups excluding carboxylic acids is 3. The van der Waals surface area contributed by atoms with Crippen LogP contribution in [0.25, 0.3) is 23.3 Å². The predicted molar refractivity (Wildman–Crippen MR) is 315 cm³/mol. The fourth-order valence-corrected chi connectivity index (χ4v) is 9.57. The minimum Gasteiger partial charge on any atom is -1.00 e. The maximum atomic E-state index is 12.0. The van der Waals surface area contributed by atoms with E-state index in [9.17, 15) is 34.8 Å².